The first-order valence-electron chi connectivity index (χ1n) is 6.40. The van der Waals surface area contributed by atoms with Gasteiger partial charge in [0, 0.05) is 5.69 Å². The van der Waals surface area contributed by atoms with Gasteiger partial charge >= 0.3 is 0 Å². The van der Waals surface area contributed by atoms with Gasteiger partial charge in [-0.3, -0.25) is 4.79 Å². The van der Waals surface area contributed by atoms with Gasteiger partial charge in [0.05, 0.1) is 12.1 Å². The topological polar surface area (TPSA) is 61.4 Å². The highest BCUT2D eigenvalue weighted by Crippen LogP contribution is 2.05. The largest absolute Gasteiger partial charge is 0.393 e. The van der Waals surface area contributed by atoms with E-state index < -0.39 is 0 Å². The van der Waals surface area contributed by atoms with Gasteiger partial charge in [-0.2, -0.15) is 0 Å². The van der Waals surface area contributed by atoms with Crippen molar-refractivity contribution in [3.63, 3.8) is 0 Å². The fraction of sp³-hybridized carbons (Fsp3) is 0.500. The Morgan fingerprint density at radius 1 is 1.33 bits per heavy atom. The summed E-state index contributed by atoms with van der Waals surface area (Å²) in [5.41, 5.74) is 0.796. The van der Waals surface area contributed by atoms with Crippen molar-refractivity contribution in [3.05, 3.63) is 30.3 Å². The molecule has 0 spiro atoms. The van der Waals surface area contributed by atoms with E-state index in [4.69, 9.17) is 0 Å². The maximum Gasteiger partial charge on any atom is 0.241 e. The number of benzene rings is 1. The maximum atomic E-state index is 11.8. The van der Waals surface area contributed by atoms with Gasteiger partial charge < -0.3 is 15.7 Å². The Morgan fingerprint density at radius 2 is 2.00 bits per heavy atom. The molecule has 1 rings (SSSR count). The van der Waals surface area contributed by atoms with Gasteiger partial charge in [0.1, 0.15) is 0 Å². The zero-order valence-electron chi connectivity index (χ0n) is 11.0. The summed E-state index contributed by atoms with van der Waals surface area (Å²) in [6.07, 6.45) is 1.12. The SMILES string of the molecule is CCC(O)CCNC(C)C(=O)Nc1ccccc1. The van der Waals surface area contributed by atoms with Gasteiger partial charge in [0.25, 0.3) is 0 Å². The Kier molecular flexibility index (Phi) is 6.39. The molecule has 0 aromatic heterocycles. The molecule has 1 amide bonds. The first kappa shape index (κ1) is 14.7. The molecule has 0 aliphatic carbocycles. The molecule has 18 heavy (non-hydrogen) atoms. The number of nitrogens with one attached hydrogen (secondary N) is 2. The van der Waals surface area contributed by atoms with E-state index >= 15 is 0 Å². The summed E-state index contributed by atoms with van der Waals surface area (Å²) in [6.45, 7) is 4.39. The van der Waals surface area contributed by atoms with E-state index in [-0.39, 0.29) is 18.1 Å². The molecule has 0 saturated heterocycles. The summed E-state index contributed by atoms with van der Waals surface area (Å²) >= 11 is 0. The maximum absolute atomic E-state index is 11.8. The van der Waals surface area contributed by atoms with E-state index in [1.165, 1.54) is 0 Å². The lowest BCUT2D eigenvalue weighted by Crippen LogP contribution is -2.39. The zero-order chi connectivity index (χ0) is 13.4. The van der Waals surface area contributed by atoms with Crippen molar-refractivity contribution in [2.75, 3.05) is 11.9 Å². The Labute approximate surface area is 108 Å². The molecule has 2 unspecified atom stereocenters. The molecule has 4 heteroatoms. The average Bonchev–Trinajstić information content (AvgIpc) is 2.39. The van der Waals surface area contributed by atoms with E-state index in [0.29, 0.717) is 13.0 Å². The Balaban J connectivity index is 2.29. The average molecular weight is 250 g/mol. The summed E-state index contributed by atoms with van der Waals surface area (Å²) in [5.74, 6) is -0.0628. The lowest BCUT2D eigenvalue weighted by atomic mass is 10.2. The summed E-state index contributed by atoms with van der Waals surface area (Å²) < 4.78 is 0. The van der Waals surface area contributed by atoms with E-state index in [0.717, 1.165) is 12.1 Å². The molecule has 100 valence electrons. The third-order valence-corrected chi connectivity index (χ3v) is 2.83. The third-order valence-electron chi connectivity index (χ3n) is 2.83. The molecule has 0 radical (unpaired) electrons. The predicted molar refractivity (Wildman–Crippen MR) is 73.5 cm³/mol. The van der Waals surface area contributed by atoms with Crippen molar-refractivity contribution < 1.29 is 9.90 Å². The van der Waals surface area contributed by atoms with E-state index in [1.807, 2.05) is 44.2 Å². The van der Waals surface area contributed by atoms with Gasteiger partial charge in [-0.15, -0.1) is 0 Å². The molecule has 4 nitrogen and oxygen atoms in total. The summed E-state index contributed by atoms with van der Waals surface area (Å²) in [7, 11) is 0. The number of carbonyl (C=O) groups is 1. The smallest absolute Gasteiger partial charge is 0.241 e. The molecular weight excluding hydrogens is 228 g/mol. The Morgan fingerprint density at radius 3 is 2.61 bits per heavy atom. The number of hydrogen-bond donors (Lipinski definition) is 3. The van der Waals surface area contributed by atoms with Crippen molar-refractivity contribution in [2.45, 2.75) is 38.8 Å². The number of hydrogen-bond acceptors (Lipinski definition) is 3. The standard InChI is InChI=1S/C14H22N2O2/c1-3-13(17)9-10-15-11(2)14(18)16-12-7-5-4-6-8-12/h4-8,11,13,15,17H,3,9-10H2,1-2H3,(H,16,18). The molecule has 0 heterocycles. The fourth-order valence-electron chi connectivity index (χ4n) is 1.54. The van der Waals surface area contributed by atoms with Crippen LogP contribution < -0.4 is 10.6 Å². The summed E-state index contributed by atoms with van der Waals surface area (Å²) in [5, 5.41) is 15.3. The highest BCUT2D eigenvalue weighted by Gasteiger charge is 2.12. The van der Waals surface area contributed by atoms with E-state index in [9.17, 15) is 9.90 Å². The molecule has 0 bridgehead atoms. The van der Waals surface area contributed by atoms with Crippen LogP contribution in [-0.4, -0.2) is 29.7 Å². The van der Waals surface area contributed by atoms with E-state index in [2.05, 4.69) is 10.6 Å². The monoisotopic (exact) mass is 250 g/mol. The minimum Gasteiger partial charge on any atom is -0.393 e. The van der Waals surface area contributed by atoms with Gasteiger partial charge in [-0.1, -0.05) is 25.1 Å². The summed E-state index contributed by atoms with van der Waals surface area (Å²) in [4.78, 5) is 11.8. The molecule has 0 aliphatic rings. The van der Waals surface area contributed by atoms with Crippen LogP contribution in [0.4, 0.5) is 5.69 Å². The molecule has 2 atom stereocenters. The number of aliphatic hydroxyl groups excluding tert-OH is 1. The second-order valence-corrected chi connectivity index (χ2v) is 4.38. The minimum absolute atomic E-state index is 0.0628. The molecule has 0 aliphatic heterocycles. The molecule has 3 N–H and O–H groups in total. The third kappa shape index (κ3) is 5.29. The van der Waals surface area contributed by atoms with Crippen molar-refractivity contribution in [1.82, 2.24) is 5.32 Å². The van der Waals surface area contributed by atoms with Crippen LogP contribution >= 0.6 is 0 Å². The Hall–Kier alpha value is -1.39. The van der Waals surface area contributed by atoms with Crippen LogP contribution in [0.25, 0.3) is 0 Å². The van der Waals surface area contributed by atoms with Gasteiger partial charge in [0.2, 0.25) is 5.91 Å². The molecule has 0 fully saturated rings. The van der Waals surface area contributed by atoms with Crippen molar-refractivity contribution in [3.8, 4) is 0 Å². The Bertz CT molecular complexity index is 354. The molecule has 1 aromatic rings. The lowest BCUT2D eigenvalue weighted by Gasteiger charge is -2.15. The van der Waals surface area contributed by atoms with Crippen LogP contribution in [0.2, 0.25) is 0 Å². The van der Waals surface area contributed by atoms with Crippen LogP contribution in [0.15, 0.2) is 30.3 Å². The van der Waals surface area contributed by atoms with E-state index in [1.54, 1.807) is 0 Å². The van der Waals surface area contributed by atoms with Crippen molar-refractivity contribution in [1.29, 1.82) is 0 Å². The summed E-state index contributed by atoms with van der Waals surface area (Å²) in [6, 6.07) is 9.10. The minimum atomic E-state index is -0.290. The number of amides is 1. The predicted octanol–water partition coefficient (Wildman–Crippen LogP) is 1.76. The van der Waals surface area contributed by atoms with Crippen LogP contribution in [0.5, 0.6) is 0 Å². The second-order valence-electron chi connectivity index (χ2n) is 4.38. The highest BCUT2D eigenvalue weighted by atomic mass is 16.3. The first-order valence-corrected chi connectivity index (χ1v) is 6.40. The van der Waals surface area contributed by atoms with Gasteiger partial charge in [0.15, 0.2) is 0 Å². The van der Waals surface area contributed by atoms with Crippen LogP contribution in [-0.2, 0) is 4.79 Å². The zero-order valence-corrected chi connectivity index (χ0v) is 11.0. The number of carbonyl (C=O) groups excluding carboxylic acids is 1. The van der Waals surface area contributed by atoms with Crippen molar-refractivity contribution in [2.24, 2.45) is 0 Å². The lowest BCUT2D eigenvalue weighted by molar-refractivity contribution is -0.117. The number of aliphatic hydroxyl groups is 1. The number of para-hydroxylation sites is 1. The number of rotatable bonds is 7. The normalized spacial score (nSPS) is 13.9. The van der Waals surface area contributed by atoms with Crippen LogP contribution in [0.1, 0.15) is 26.7 Å². The van der Waals surface area contributed by atoms with Gasteiger partial charge in [-0.25, -0.2) is 0 Å². The quantitative estimate of drug-likeness (QED) is 0.691. The second kappa shape index (κ2) is 7.84. The highest BCUT2D eigenvalue weighted by molar-refractivity contribution is 5.94. The molecule has 1 aromatic carbocycles. The molecule has 0 saturated carbocycles. The van der Waals surface area contributed by atoms with Crippen LogP contribution in [0, 0.1) is 0 Å². The first-order chi connectivity index (χ1) is 8.63. The van der Waals surface area contributed by atoms with Gasteiger partial charge in [-0.05, 0) is 38.4 Å². The number of anilines is 1. The fourth-order valence-corrected chi connectivity index (χ4v) is 1.54. The van der Waals surface area contributed by atoms with Crippen molar-refractivity contribution >= 4 is 11.6 Å². The molecular formula is C14H22N2O2. The van der Waals surface area contributed by atoms with Crippen LogP contribution in [0.3, 0.4) is 0 Å².